The highest BCUT2D eigenvalue weighted by Gasteiger charge is 2.11. The van der Waals surface area contributed by atoms with Crippen molar-refractivity contribution in [2.75, 3.05) is 17.7 Å². The SMILES string of the molecule is CCOC(=O)c1ccc(NC(=O)CCSc2nc(-c3ccc(Cl)cc3)ccc2C#N)cc1. The first-order valence-electron chi connectivity index (χ1n) is 9.87. The summed E-state index contributed by atoms with van der Waals surface area (Å²) in [5.74, 6) is -0.115. The molecule has 0 radical (unpaired) electrons. The first-order valence-corrected chi connectivity index (χ1v) is 11.2. The molecule has 0 fully saturated rings. The Labute approximate surface area is 195 Å². The molecule has 162 valence electrons. The molecule has 0 atom stereocenters. The minimum Gasteiger partial charge on any atom is -0.462 e. The Morgan fingerprint density at radius 3 is 2.47 bits per heavy atom. The van der Waals surface area contributed by atoms with E-state index in [0.717, 1.165) is 11.3 Å². The standard InChI is InChI=1S/C24H20ClN3O3S/c1-2-31-24(30)17-5-10-20(11-6-17)27-22(29)13-14-32-23-18(15-26)7-12-21(28-23)16-3-8-19(25)9-4-16/h3-12H,2,13-14H2,1H3,(H,27,29). The van der Waals surface area contributed by atoms with Gasteiger partial charge in [-0.15, -0.1) is 11.8 Å². The molecule has 8 heteroatoms. The molecular weight excluding hydrogens is 446 g/mol. The Hall–Kier alpha value is -3.34. The van der Waals surface area contributed by atoms with Gasteiger partial charge in [0.25, 0.3) is 0 Å². The number of ether oxygens (including phenoxy) is 1. The highest BCUT2D eigenvalue weighted by Crippen LogP contribution is 2.26. The van der Waals surface area contributed by atoms with Gasteiger partial charge in [-0.25, -0.2) is 9.78 Å². The van der Waals surface area contributed by atoms with E-state index in [9.17, 15) is 14.9 Å². The van der Waals surface area contributed by atoms with Crippen LogP contribution in [0.3, 0.4) is 0 Å². The minimum atomic E-state index is -0.400. The fourth-order valence-electron chi connectivity index (χ4n) is 2.78. The molecule has 1 aromatic heterocycles. The van der Waals surface area contributed by atoms with Gasteiger partial charge in [0, 0.05) is 28.4 Å². The van der Waals surface area contributed by atoms with Crippen molar-refractivity contribution in [2.24, 2.45) is 0 Å². The molecule has 0 bridgehead atoms. The number of anilines is 1. The summed E-state index contributed by atoms with van der Waals surface area (Å²) in [7, 11) is 0. The molecule has 1 amide bonds. The normalized spacial score (nSPS) is 10.3. The van der Waals surface area contributed by atoms with Gasteiger partial charge in [-0.2, -0.15) is 5.26 Å². The number of benzene rings is 2. The van der Waals surface area contributed by atoms with Crippen LogP contribution in [-0.2, 0) is 9.53 Å². The summed E-state index contributed by atoms with van der Waals surface area (Å²) < 4.78 is 4.94. The molecule has 3 rings (SSSR count). The van der Waals surface area contributed by atoms with Crippen LogP contribution >= 0.6 is 23.4 Å². The van der Waals surface area contributed by atoms with Crippen molar-refractivity contribution < 1.29 is 14.3 Å². The minimum absolute atomic E-state index is 0.172. The topological polar surface area (TPSA) is 92.1 Å². The van der Waals surface area contributed by atoms with E-state index in [-0.39, 0.29) is 12.3 Å². The number of thioether (sulfide) groups is 1. The zero-order valence-electron chi connectivity index (χ0n) is 17.3. The van der Waals surface area contributed by atoms with Crippen molar-refractivity contribution in [3.05, 3.63) is 76.8 Å². The monoisotopic (exact) mass is 465 g/mol. The number of carbonyl (C=O) groups is 2. The molecule has 0 aliphatic carbocycles. The van der Waals surface area contributed by atoms with E-state index in [2.05, 4.69) is 16.4 Å². The number of rotatable bonds is 8. The highest BCUT2D eigenvalue weighted by molar-refractivity contribution is 7.99. The predicted octanol–water partition coefficient (Wildman–Crippen LogP) is 5.57. The number of nitrogens with one attached hydrogen (secondary N) is 1. The van der Waals surface area contributed by atoms with Crippen LogP contribution in [0.5, 0.6) is 0 Å². The molecule has 1 N–H and O–H groups in total. The smallest absolute Gasteiger partial charge is 0.338 e. The number of nitriles is 1. The largest absolute Gasteiger partial charge is 0.462 e. The van der Waals surface area contributed by atoms with E-state index >= 15 is 0 Å². The number of carbonyl (C=O) groups excluding carboxylic acids is 2. The van der Waals surface area contributed by atoms with Crippen molar-refractivity contribution in [3.63, 3.8) is 0 Å². The van der Waals surface area contributed by atoms with Crippen LogP contribution in [0.4, 0.5) is 5.69 Å². The third-order valence-corrected chi connectivity index (χ3v) is 5.61. The molecule has 0 aliphatic rings. The second kappa shape index (κ2) is 11.3. The van der Waals surface area contributed by atoms with E-state index in [1.165, 1.54) is 11.8 Å². The first-order chi connectivity index (χ1) is 15.5. The van der Waals surface area contributed by atoms with Gasteiger partial charge < -0.3 is 10.1 Å². The Morgan fingerprint density at radius 2 is 1.81 bits per heavy atom. The van der Waals surface area contributed by atoms with Crippen molar-refractivity contribution in [3.8, 4) is 17.3 Å². The average molecular weight is 466 g/mol. The Kier molecular flexibility index (Phi) is 8.26. The molecular formula is C24H20ClN3O3S. The van der Waals surface area contributed by atoms with E-state index in [0.29, 0.717) is 39.2 Å². The van der Waals surface area contributed by atoms with E-state index in [4.69, 9.17) is 16.3 Å². The number of halogens is 1. The number of pyridine rings is 1. The van der Waals surface area contributed by atoms with Gasteiger partial charge in [-0.3, -0.25) is 4.79 Å². The maximum atomic E-state index is 12.3. The number of hydrogen-bond donors (Lipinski definition) is 1. The van der Waals surface area contributed by atoms with Gasteiger partial charge in [-0.05, 0) is 55.5 Å². The summed E-state index contributed by atoms with van der Waals surface area (Å²) in [6.07, 6.45) is 0.238. The summed E-state index contributed by atoms with van der Waals surface area (Å²) in [4.78, 5) is 28.6. The van der Waals surface area contributed by atoms with Crippen LogP contribution in [0, 0.1) is 11.3 Å². The van der Waals surface area contributed by atoms with Crippen LogP contribution in [0.15, 0.2) is 65.7 Å². The van der Waals surface area contributed by atoms with Crippen molar-refractivity contribution in [1.29, 1.82) is 5.26 Å². The lowest BCUT2D eigenvalue weighted by atomic mass is 10.1. The number of amides is 1. The lowest BCUT2D eigenvalue weighted by molar-refractivity contribution is -0.115. The summed E-state index contributed by atoms with van der Waals surface area (Å²) in [5.41, 5.74) is 3.10. The molecule has 0 aliphatic heterocycles. The molecule has 2 aromatic carbocycles. The van der Waals surface area contributed by atoms with Crippen LogP contribution in [0.25, 0.3) is 11.3 Å². The Balaban J connectivity index is 1.58. The van der Waals surface area contributed by atoms with Gasteiger partial charge in [0.1, 0.15) is 11.1 Å². The number of nitrogens with zero attached hydrogens (tertiary/aromatic N) is 2. The van der Waals surface area contributed by atoms with Crippen molar-refractivity contribution in [2.45, 2.75) is 18.4 Å². The Bertz CT molecular complexity index is 1140. The molecule has 3 aromatic rings. The second-order valence-electron chi connectivity index (χ2n) is 6.61. The van der Waals surface area contributed by atoms with Gasteiger partial charge in [0.15, 0.2) is 0 Å². The molecule has 6 nitrogen and oxygen atoms in total. The molecule has 1 heterocycles. The summed E-state index contributed by atoms with van der Waals surface area (Å²) in [6.45, 7) is 2.05. The fourth-order valence-corrected chi connectivity index (χ4v) is 3.82. The zero-order chi connectivity index (χ0) is 22.9. The van der Waals surface area contributed by atoms with Gasteiger partial charge in [-0.1, -0.05) is 23.7 Å². The summed E-state index contributed by atoms with van der Waals surface area (Å²) in [5, 5.41) is 13.4. The van der Waals surface area contributed by atoms with Crippen LogP contribution in [0.1, 0.15) is 29.3 Å². The average Bonchev–Trinajstić information content (AvgIpc) is 2.80. The molecule has 0 saturated carbocycles. The zero-order valence-corrected chi connectivity index (χ0v) is 18.9. The third kappa shape index (κ3) is 6.33. The lowest BCUT2D eigenvalue weighted by Gasteiger charge is -2.08. The van der Waals surface area contributed by atoms with Crippen LogP contribution < -0.4 is 5.32 Å². The quantitative estimate of drug-likeness (QED) is 0.345. The maximum Gasteiger partial charge on any atom is 0.338 e. The molecule has 32 heavy (non-hydrogen) atoms. The Morgan fingerprint density at radius 1 is 1.09 bits per heavy atom. The van der Waals surface area contributed by atoms with Crippen molar-refractivity contribution in [1.82, 2.24) is 4.98 Å². The van der Waals surface area contributed by atoms with E-state index in [1.54, 1.807) is 55.5 Å². The van der Waals surface area contributed by atoms with Crippen LogP contribution in [0.2, 0.25) is 5.02 Å². The number of esters is 1. The number of hydrogen-bond acceptors (Lipinski definition) is 6. The van der Waals surface area contributed by atoms with E-state index < -0.39 is 5.97 Å². The van der Waals surface area contributed by atoms with Gasteiger partial charge >= 0.3 is 5.97 Å². The maximum absolute atomic E-state index is 12.3. The summed E-state index contributed by atoms with van der Waals surface area (Å²) in [6, 6.07) is 19.5. The lowest BCUT2D eigenvalue weighted by Crippen LogP contribution is -2.12. The number of aromatic nitrogens is 1. The fraction of sp³-hybridized carbons (Fsp3) is 0.167. The van der Waals surface area contributed by atoms with Gasteiger partial charge in [0.2, 0.25) is 5.91 Å². The van der Waals surface area contributed by atoms with Crippen LogP contribution in [-0.4, -0.2) is 29.2 Å². The molecule has 0 unspecified atom stereocenters. The third-order valence-electron chi connectivity index (χ3n) is 4.37. The summed E-state index contributed by atoms with van der Waals surface area (Å²) >= 11 is 7.30. The van der Waals surface area contributed by atoms with Crippen molar-refractivity contribution >= 4 is 40.9 Å². The first kappa shape index (κ1) is 23.3. The van der Waals surface area contributed by atoms with E-state index in [1.807, 2.05) is 12.1 Å². The highest BCUT2D eigenvalue weighted by atomic mass is 35.5. The van der Waals surface area contributed by atoms with Gasteiger partial charge in [0.05, 0.1) is 23.4 Å². The second-order valence-corrected chi connectivity index (χ2v) is 8.13. The predicted molar refractivity (Wildman–Crippen MR) is 126 cm³/mol. The molecule has 0 spiro atoms. The molecule has 0 saturated heterocycles.